The number of hydrogen-bond donors (Lipinski definition) is 2. The van der Waals surface area contributed by atoms with Gasteiger partial charge < -0.3 is 15.1 Å². The summed E-state index contributed by atoms with van der Waals surface area (Å²) in [7, 11) is 0. The van der Waals surface area contributed by atoms with Gasteiger partial charge in [0.05, 0.1) is 18.5 Å². The summed E-state index contributed by atoms with van der Waals surface area (Å²) in [6, 6.07) is 21.3. The molecular weight excluding hydrogens is 392 g/mol. The Hall–Kier alpha value is -4.57. The molecule has 31 heavy (non-hydrogen) atoms. The van der Waals surface area contributed by atoms with Crippen LogP contribution in [0.2, 0.25) is 0 Å². The van der Waals surface area contributed by atoms with Gasteiger partial charge in [0.1, 0.15) is 11.4 Å². The van der Waals surface area contributed by atoms with Crippen LogP contribution in [0.25, 0.3) is 17.1 Å². The van der Waals surface area contributed by atoms with Crippen molar-refractivity contribution in [3.8, 4) is 29.5 Å². The number of terminal acetylenes is 1. The molecule has 0 radical (unpaired) electrons. The summed E-state index contributed by atoms with van der Waals surface area (Å²) in [4.78, 5) is 25.1. The third kappa shape index (κ3) is 4.54. The van der Waals surface area contributed by atoms with Crippen LogP contribution in [-0.4, -0.2) is 28.1 Å². The van der Waals surface area contributed by atoms with Crippen molar-refractivity contribution >= 4 is 17.5 Å². The van der Waals surface area contributed by atoms with Crippen molar-refractivity contribution in [3.05, 3.63) is 90.3 Å². The first-order valence-electron chi connectivity index (χ1n) is 9.48. The maximum absolute atomic E-state index is 12.9. The number of carbonyl (C=O) groups is 2. The first-order chi connectivity index (χ1) is 15.1. The van der Waals surface area contributed by atoms with Gasteiger partial charge in [0.15, 0.2) is 5.76 Å². The molecule has 0 saturated carbocycles. The molecule has 7 heteroatoms. The van der Waals surface area contributed by atoms with Gasteiger partial charge in [-0.15, -0.1) is 6.42 Å². The third-order valence-corrected chi connectivity index (χ3v) is 4.44. The molecule has 7 nitrogen and oxygen atoms in total. The number of para-hydroxylation sites is 1. The zero-order valence-corrected chi connectivity index (χ0v) is 16.4. The van der Waals surface area contributed by atoms with Gasteiger partial charge in [-0.2, -0.15) is 5.10 Å². The van der Waals surface area contributed by atoms with Crippen LogP contribution in [0.3, 0.4) is 0 Å². The van der Waals surface area contributed by atoms with E-state index in [1.165, 1.54) is 10.9 Å². The number of carbonyl (C=O) groups excluding carboxylic acids is 2. The van der Waals surface area contributed by atoms with Crippen LogP contribution in [0.1, 0.15) is 16.1 Å². The zero-order valence-electron chi connectivity index (χ0n) is 16.4. The number of hydrogen-bond acceptors (Lipinski definition) is 4. The molecule has 2 heterocycles. The van der Waals surface area contributed by atoms with Gasteiger partial charge in [-0.25, -0.2) is 4.68 Å². The molecule has 2 aromatic carbocycles. The minimum Gasteiger partial charge on any atom is -0.463 e. The minimum atomic E-state index is -0.443. The number of anilines is 1. The molecule has 2 amide bonds. The number of benzene rings is 2. The molecule has 2 N–H and O–H groups in total. The van der Waals surface area contributed by atoms with Gasteiger partial charge in [0, 0.05) is 17.3 Å². The lowest BCUT2D eigenvalue weighted by Gasteiger charge is -2.09. The molecule has 0 saturated heterocycles. The molecule has 152 valence electrons. The second-order valence-electron chi connectivity index (χ2n) is 6.60. The molecule has 0 atom stereocenters. The van der Waals surface area contributed by atoms with Gasteiger partial charge in [-0.3, -0.25) is 9.59 Å². The zero-order chi connectivity index (χ0) is 21.6. The molecule has 0 unspecified atom stereocenters. The average molecular weight is 410 g/mol. The Morgan fingerprint density at radius 2 is 1.87 bits per heavy atom. The van der Waals surface area contributed by atoms with E-state index in [0.29, 0.717) is 28.4 Å². The predicted molar refractivity (Wildman–Crippen MR) is 117 cm³/mol. The largest absolute Gasteiger partial charge is 0.463 e. The van der Waals surface area contributed by atoms with Gasteiger partial charge in [0.25, 0.3) is 5.91 Å². The summed E-state index contributed by atoms with van der Waals surface area (Å²) >= 11 is 0. The highest BCUT2D eigenvalue weighted by atomic mass is 16.3. The molecular formula is C24H18N4O3. The highest BCUT2D eigenvalue weighted by Crippen LogP contribution is 2.22. The van der Waals surface area contributed by atoms with Crippen molar-refractivity contribution in [3.63, 3.8) is 0 Å². The molecule has 4 aromatic rings. The van der Waals surface area contributed by atoms with E-state index in [9.17, 15) is 9.59 Å². The van der Waals surface area contributed by atoms with E-state index in [4.69, 9.17) is 10.8 Å². The van der Waals surface area contributed by atoms with E-state index in [0.717, 1.165) is 0 Å². The van der Waals surface area contributed by atoms with Crippen LogP contribution in [0.4, 0.5) is 5.69 Å². The third-order valence-electron chi connectivity index (χ3n) is 4.44. The van der Waals surface area contributed by atoms with Crippen LogP contribution in [0.15, 0.2) is 83.5 Å². The van der Waals surface area contributed by atoms with E-state index in [-0.39, 0.29) is 18.1 Å². The molecule has 0 aliphatic carbocycles. The Labute approximate surface area is 178 Å². The maximum Gasteiger partial charge on any atom is 0.270 e. The van der Waals surface area contributed by atoms with Crippen molar-refractivity contribution in [1.82, 2.24) is 15.1 Å². The van der Waals surface area contributed by atoms with E-state index in [1.54, 1.807) is 42.5 Å². The number of amides is 2. The van der Waals surface area contributed by atoms with Gasteiger partial charge in [-0.05, 0) is 42.5 Å². The summed E-state index contributed by atoms with van der Waals surface area (Å²) in [5.41, 5.74) is 2.71. The number of aromatic nitrogens is 2. The molecule has 0 spiro atoms. The quantitative estimate of drug-likeness (QED) is 0.476. The van der Waals surface area contributed by atoms with E-state index in [2.05, 4.69) is 21.7 Å². The lowest BCUT2D eigenvalue weighted by Crippen LogP contribution is -2.34. The fourth-order valence-corrected chi connectivity index (χ4v) is 3.00. The number of furan rings is 1. The fourth-order valence-electron chi connectivity index (χ4n) is 3.00. The van der Waals surface area contributed by atoms with E-state index >= 15 is 0 Å². The van der Waals surface area contributed by atoms with Gasteiger partial charge in [-0.1, -0.05) is 30.2 Å². The Bertz CT molecular complexity index is 1250. The standard InChI is InChI=1S/C24H18N4O3/c1-2-17-8-6-9-18(14-17)26-23(29)16-25-24(30)21-15-20(22-12-7-13-31-22)27-28(21)19-10-4-3-5-11-19/h1,3-15H,16H2,(H,25,30)(H,26,29). The van der Waals surface area contributed by atoms with Crippen molar-refractivity contribution in [2.75, 3.05) is 11.9 Å². The molecule has 2 aromatic heterocycles. The molecule has 0 aliphatic heterocycles. The van der Waals surface area contributed by atoms with Gasteiger partial charge in [0.2, 0.25) is 5.91 Å². The van der Waals surface area contributed by atoms with Crippen LogP contribution < -0.4 is 10.6 Å². The highest BCUT2D eigenvalue weighted by molar-refractivity contribution is 5.99. The van der Waals surface area contributed by atoms with Crippen molar-refractivity contribution in [2.24, 2.45) is 0 Å². The second-order valence-corrected chi connectivity index (χ2v) is 6.60. The topological polar surface area (TPSA) is 89.2 Å². The Balaban J connectivity index is 1.51. The summed E-state index contributed by atoms with van der Waals surface area (Å²) in [5.74, 6) is 2.23. The lowest BCUT2D eigenvalue weighted by molar-refractivity contribution is -0.115. The first kappa shape index (κ1) is 19.7. The van der Waals surface area contributed by atoms with Crippen LogP contribution >= 0.6 is 0 Å². The Kier molecular flexibility index (Phi) is 5.63. The average Bonchev–Trinajstić information content (AvgIpc) is 3.48. The summed E-state index contributed by atoms with van der Waals surface area (Å²) in [6.45, 7) is -0.213. The van der Waals surface area contributed by atoms with E-state index in [1.807, 2.05) is 30.3 Å². The predicted octanol–water partition coefficient (Wildman–Crippen LogP) is 3.48. The molecule has 4 rings (SSSR count). The van der Waals surface area contributed by atoms with Crippen molar-refractivity contribution in [1.29, 1.82) is 0 Å². The van der Waals surface area contributed by atoms with Crippen LogP contribution in [-0.2, 0) is 4.79 Å². The maximum atomic E-state index is 12.9. The minimum absolute atomic E-state index is 0.213. The SMILES string of the molecule is C#Cc1cccc(NC(=O)CNC(=O)c2cc(-c3ccco3)nn2-c2ccccc2)c1. The first-order valence-corrected chi connectivity index (χ1v) is 9.48. The smallest absolute Gasteiger partial charge is 0.270 e. The van der Waals surface area contributed by atoms with Crippen molar-refractivity contribution < 1.29 is 14.0 Å². The normalized spacial score (nSPS) is 10.3. The fraction of sp³-hybridized carbons (Fsp3) is 0.0417. The number of nitrogens with one attached hydrogen (secondary N) is 2. The molecule has 0 fully saturated rings. The summed E-state index contributed by atoms with van der Waals surface area (Å²) in [5, 5.41) is 9.85. The Morgan fingerprint density at radius 3 is 2.61 bits per heavy atom. The van der Waals surface area contributed by atoms with Crippen LogP contribution in [0.5, 0.6) is 0 Å². The Morgan fingerprint density at radius 1 is 1.03 bits per heavy atom. The van der Waals surface area contributed by atoms with Crippen molar-refractivity contribution in [2.45, 2.75) is 0 Å². The number of rotatable bonds is 6. The number of nitrogens with zero attached hydrogens (tertiary/aromatic N) is 2. The summed E-state index contributed by atoms with van der Waals surface area (Å²) in [6.07, 6.45) is 6.91. The second kappa shape index (κ2) is 8.84. The monoisotopic (exact) mass is 410 g/mol. The molecule has 0 aliphatic rings. The van der Waals surface area contributed by atoms with Crippen LogP contribution in [0, 0.1) is 12.3 Å². The van der Waals surface area contributed by atoms with E-state index < -0.39 is 5.91 Å². The van der Waals surface area contributed by atoms with Gasteiger partial charge >= 0.3 is 0 Å². The molecule has 0 bridgehead atoms. The highest BCUT2D eigenvalue weighted by Gasteiger charge is 2.19. The summed E-state index contributed by atoms with van der Waals surface area (Å²) < 4.78 is 6.92. The lowest BCUT2D eigenvalue weighted by atomic mass is 10.2.